The van der Waals surface area contributed by atoms with Crippen LogP contribution in [0.1, 0.15) is 11.8 Å². The van der Waals surface area contributed by atoms with E-state index in [4.69, 9.17) is 9.47 Å². The van der Waals surface area contributed by atoms with E-state index in [0.717, 1.165) is 4.90 Å². The Bertz CT molecular complexity index is 629. The number of carbonyl (C=O) groups excluding carboxylic acids is 2. The third kappa shape index (κ3) is 2.69. The molecule has 0 saturated carbocycles. The third-order valence-corrected chi connectivity index (χ3v) is 2.97. The largest absolute Gasteiger partial charge is 0.449 e. The predicted molar refractivity (Wildman–Crippen MR) is 72.2 cm³/mol. The minimum absolute atomic E-state index is 0.270. The van der Waals surface area contributed by atoms with Crippen LogP contribution in [-0.4, -0.2) is 28.5 Å². The maximum absolute atomic E-state index is 11.9. The van der Waals surface area contributed by atoms with Gasteiger partial charge in [0.05, 0.1) is 0 Å². The summed E-state index contributed by atoms with van der Waals surface area (Å²) in [4.78, 5) is 28.7. The number of benzene rings is 1. The van der Waals surface area contributed by atoms with E-state index in [1.54, 1.807) is 48.7 Å². The zero-order valence-corrected chi connectivity index (χ0v) is 11.0. The van der Waals surface area contributed by atoms with Gasteiger partial charge < -0.3 is 9.47 Å². The first-order chi connectivity index (χ1) is 10.3. The van der Waals surface area contributed by atoms with Gasteiger partial charge in [-0.15, -0.1) is 0 Å². The molecule has 1 fully saturated rings. The molecule has 2 amide bonds. The molecule has 2 aromatic rings. The first kappa shape index (κ1) is 13.1. The zero-order chi connectivity index (χ0) is 14.7. The van der Waals surface area contributed by atoms with Crippen LogP contribution >= 0.6 is 0 Å². The van der Waals surface area contributed by atoms with Crippen molar-refractivity contribution in [2.75, 3.05) is 6.61 Å². The second-order valence-electron chi connectivity index (χ2n) is 4.37. The predicted octanol–water partition coefficient (Wildman–Crippen LogP) is 2.14. The van der Waals surface area contributed by atoms with Crippen LogP contribution in [0.15, 0.2) is 54.7 Å². The Balaban J connectivity index is 1.95. The van der Waals surface area contributed by atoms with Crippen molar-refractivity contribution in [2.45, 2.75) is 6.23 Å². The fourth-order valence-corrected chi connectivity index (χ4v) is 2.01. The second kappa shape index (κ2) is 5.62. The summed E-state index contributed by atoms with van der Waals surface area (Å²) in [5, 5.41) is 0. The maximum Gasteiger partial charge on any atom is 0.420 e. The number of imide groups is 1. The number of nitrogens with zero attached hydrogens (tertiary/aromatic N) is 2. The third-order valence-electron chi connectivity index (χ3n) is 2.97. The molecule has 0 N–H and O–H groups in total. The standard InChI is InChI=1S/C15H12N2O4/c18-13-10-20-15(19)17(13)14(11-6-2-1-3-7-11)21-12-8-4-5-9-16-12/h1-9,14H,10H2. The van der Waals surface area contributed by atoms with Gasteiger partial charge in [0.2, 0.25) is 12.1 Å². The summed E-state index contributed by atoms with van der Waals surface area (Å²) >= 11 is 0. The van der Waals surface area contributed by atoms with Crippen LogP contribution < -0.4 is 4.74 Å². The summed E-state index contributed by atoms with van der Waals surface area (Å²) in [5.41, 5.74) is 0.662. The molecular formula is C15H12N2O4. The van der Waals surface area contributed by atoms with Crippen LogP contribution in [0.5, 0.6) is 5.88 Å². The van der Waals surface area contributed by atoms with Gasteiger partial charge in [-0.1, -0.05) is 36.4 Å². The van der Waals surface area contributed by atoms with Gasteiger partial charge in [-0.05, 0) is 6.07 Å². The molecule has 1 aromatic carbocycles. The fourth-order valence-electron chi connectivity index (χ4n) is 2.01. The lowest BCUT2D eigenvalue weighted by molar-refractivity contribution is -0.131. The molecule has 106 valence electrons. The van der Waals surface area contributed by atoms with Crippen molar-refractivity contribution in [1.82, 2.24) is 9.88 Å². The van der Waals surface area contributed by atoms with Crippen LogP contribution in [0, 0.1) is 0 Å². The molecule has 6 nitrogen and oxygen atoms in total. The monoisotopic (exact) mass is 284 g/mol. The van der Waals surface area contributed by atoms with Crippen molar-refractivity contribution in [2.24, 2.45) is 0 Å². The molecule has 3 rings (SSSR count). The molecule has 0 radical (unpaired) electrons. The number of aromatic nitrogens is 1. The Morgan fingerprint density at radius 2 is 1.86 bits per heavy atom. The molecule has 21 heavy (non-hydrogen) atoms. The summed E-state index contributed by atoms with van der Waals surface area (Å²) in [6.45, 7) is -0.270. The second-order valence-corrected chi connectivity index (χ2v) is 4.37. The van der Waals surface area contributed by atoms with Crippen molar-refractivity contribution >= 4 is 12.0 Å². The minimum Gasteiger partial charge on any atom is -0.449 e. The first-order valence-corrected chi connectivity index (χ1v) is 6.37. The highest BCUT2D eigenvalue weighted by Crippen LogP contribution is 2.27. The lowest BCUT2D eigenvalue weighted by Gasteiger charge is -2.24. The number of hydrogen-bond acceptors (Lipinski definition) is 5. The molecule has 0 aliphatic carbocycles. The molecule has 1 aliphatic rings. The van der Waals surface area contributed by atoms with Crippen LogP contribution in [0.4, 0.5) is 4.79 Å². The minimum atomic E-state index is -0.899. The SMILES string of the molecule is O=C1COC(=O)N1C(Oc1ccccn1)c1ccccc1. The van der Waals surface area contributed by atoms with E-state index in [-0.39, 0.29) is 6.61 Å². The Kier molecular flexibility index (Phi) is 3.51. The smallest absolute Gasteiger partial charge is 0.420 e. The molecule has 1 atom stereocenters. The number of ether oxygens (including phenoxy) is 2. The number of amides is 2. The van der Waals surface area contributed by atoms with Crippen molar-refractivity contribution in [3.8, 4) is 5.88 Å². The number of pyridine rings is 1. The maximum atomic E-state index is 11.9. The van der Waals surface area contributed by atoms with Gasteiger partial charge in [0.25, 0.3) is 5.91 Å². The number of carbonyl (C=O) groups is 2. The topological polar surface area (TPSA) is 68.7 Å². The van der Waals surface area contributed by atoms with Gasteiger partial charge >= 0.3 is 6.09 Å². The Hall–Kier alpha value is -2.89. The fraction of sp³-hybridized carbons (Fsp3) is 0.133. The average molecular weight is 284 g/mol. The quantitative estimate of drug-likeness (QED) is 0.860. The summed E-state index contributed by atoms with van der Waals surface area (Å²) in [5.74, 6) is -0.122. The zero-order valence-electron chi connectivity index (χ0n) is 11.0. The summed E-state index contributed by atoms with van der Waals surface area (Å²) in [6, 6.07) is 14.1. The molecule has 0 spiro atoms. The van der Waals surface area contributed by atoms with Gasteiger partial charge in [-0.2, -0.15) is 0 Å². The molecule has 6 heteroatoms. The van der Waals surface area contributed by atoms with E-state index in [9.17, 15) is 9.59 Å². The molecule has 1 saturated heterocycles. The molecule has 2 heterocycles. The Morgan fingerprint density at radius 1 is 1.10 bits per heavy atom. The van der Waals surface area contributed by atoms with Crippen molar-refractivity contribution in [3.05, 3.63) is 60.3 Å². The molecular weight excluding hydrogens is 272 g/mol. The van der Waals surface area contributed by atoms with Gasteiger partial charge in [0, 0.05) is 17.8 Å². The lowest BCUT2D eigenvalue weighted by Crippen LogP contribution is -2.36. The molecule has 0 bridgehead atoms. The van der Waals surface area contributed by atoms with E-state index in [0.29, 0.717) is 11.4 Å². The van der Waals surface area contributed by atoms with Crippen molar-refractivity contribution in [1.29, 1.82) is 0 Å². The summed E-state index contributed by atoms with van der Waals surface area (Å²) in [6.07, 6.45) is -0.0463. The summed E-state index contributed by atoms with van der Waals surface area (Å²) < 4.78 is 10.5. The van der Waals surface area contributed by atoms with E-state index < -0.39 is 18.2 Å². The van der Waals surface area contributed by atoms with Crippen LogP contribution in [-0.2, 0) is 9.53 Å². The number of rotatable bonds is 4. The van der Waals surface area contributed by atoms with Crippen molar-refractivity contribution in [3.63, 3.8) is 0 Å². The van der Waals surface area contributed by atoms with Gasteiger partial charge in [0.15, 0.2) is 6.61 Å². The van der Waals surface area contributed by atoms with E-state index in [1.807, 2.05) is 6.07 Å². The normalized spacial score (nSPS) is 15.7. The first-order valence-electron chi connectivity index (χ1n) is 6.37. The molecule has 1 aliphatic heterocycles. The average Bonchev–Trinajstić information content (AvgIpc) is 2.86. The van der Waals surface area contributed by atoms with Gasteiger partial charge in [-0.3, -0.25) is 4.79 Å². The number of hydrogen-bond donors (Lipinski definition) is 0. The Morgan fingerprint density at radius 3 is 2.48 bits per heavy atom. The number of cyclic esters (lactones) is 1. The molecule has 1 unspecified atom stereocenters. The van der Waals surface area contributed by atoms with Crippen molar-refractivity contribution < 1.29 is 19.1 Å². The Labute approximate surface area is 120 Å². The van der Waals surface area contributed by atoms with Crippen LogP contribution in [0.3, 0.4) is 0 Å². The van der Waals surface area contributed by atoms with Gasteiger partial charge in [-0.25, -0.2) is 14.7 Å². The highest BCUT2D eigenvalue weighted by molar-refractivity contribution is 5.98. The van der Waals surface area contributed by atoms with E-state index in [1.165, 1.54) is 0 Å². The molecule has 1 aromatic heterocycles. The van der Waals surface area contributed by atoms with Gasteiger partial charge in [0.1, 0.15) is 0 Å². The lowest BCUT2D eigenvalue weighted by atomic mass is 10.2. The van der Waals surface area contributed by atoms with Crippen LogP contribution in [0.2, 0.25) is 0 Å². The van der Waals surface area contributed by atoms with E-state index >= 15 is 0 Å². The highest BCUT2D eigenvalue weighted by atomic mass is 16.6. The van der Waals surface area contributed by atoms with E-state index in [2.05, 4.69) is 4.98 Å². The van der Waals surface area contributed by atoms with Crippen LogP contribution in [0.25, 0.3) is 0 Å². The summed E-state index contributed by atoms with van der Waals surface area (Å²) in [7, 11) is 0. The highest BCUT2D eigenvalue weighted by Gasteiger charge is 2.39.